The minimum absolute atomic E-state index is 0.159. The Kier molecular flexibility index (Phi) is 6.49. The van der Waals surface area contributed by atoms with E-state index in [1.54, 1.807) is 24.3 Å². The largest absolute Gasteiger partial charge is 0.325 e. The predicted octanol–water partition coefficient (Wildman–Crippen LogP) is 1.41. The van der Waals surface area contributed by atoms with Gasteiger partial charge in [0.1, 0.15) is 6.54 Å². The van der Waals surface area contributed by atoms with Crippen LogP contribution in [0.3, 0.4) is 0 Å². The number of sulfonamides is 1. The molecule has 1 aromatic carbocycles. The maximum Gasteiger partial charge on any atom is 0.244 e. The number of hydrogen-bond donors (Lipinski definition) is 2. The van der Waals surface area contributed by atoms with E-state index in [2.05, 4.69) is 16.6 Å². The molecule has 2 aliphatic rings. The first kappa shape index (κ1) is 21.2. The lowest BCUT2D eigenvalue weighted by Crippen LogP contribution is -2.38. The second-order valence-corrected chi connectivity index (χ2v) is 9.21. The molecule has 1 aliphatic heterocycles. The number of amides is 3. The lowest BCUT2D eigenvalue weighted by atomic mass is 9.81. The summed E-state index contributed by atoms with van der Waals surface area (Å²) in [5.74, 6) is -1.70. The molecule has 2 unspecified atom stereocenters. The van der Waals surface area contributed by atoms with Crippen LogP contribution in [0.4, 0.5) is 5.69 Å². The van der Waals surface area contributed by atoms with Crippen molar-refractivity contribution in [3.05, 3.63) is 42.5 Å². The third kappa shape index (κ3) is 5.10. The molecule has 156 valence electrons. The summed E-state index contributed by atoms with van der Waals surface area (Å²) in [7, 11) is -3.46. The number of anilines is 1. The molecule has 1 heterocycles. The minimum atomic E-state index is -3.46. The minimum Gasteiger partial charge on any atom is -0.325 e. The molecule has 29 heavy (non-hydrogen) atoms. The molecule has 2 fully saturated rings. The van der Waals surface area contributed by atoms with Crippen molar-refractivity contribution in [2.45, 2.75) is 31.4 Å². The Morgan fingerprint density at radius 1 is 1.10 bits per heavy atom. The fourth-order valence-corrected chi connectivity index (χ4v) is 4.98. The summed E-state index contributed by atoms with van der Waals surface area (Å²) < 4.78 is 26.2. The van der Waals surface area contributed by atoms with Gasteiger partial charge in [-0.15, -0.1) is 6.58 Å². The number of nitrogens with zero attached hydrogens (tertiary/aromatic N) is 1. The normalized spacial score (nSPS) is 21.7. The number of rotatable bonds is 8. The fraction of sp³-hybridized carbons (Fsp3) is 0.450. The number of imide groups is 1. The van der Waals surface area contributed by atoms with Crippen molar-refractivity contribution in [3.8, 4) is 0 Å². The maximum atomic E-state index is 12.4. The molecule has 0 aromatic heterocycles. The molecule has 2 N–H and O–H groups in total. The van der Waals surface area contributed by atoms with E-state index >= 15 is 0 Å². The van der Waals surface area contributed by atoms with Crippen LogP contribution in [0.1, 0.15) is 31.2 Å². The Labute approximate surface area is 170 Å². The molecular weight excluding hydrogens is 394 g/mol. The van der Waals surface area contributed by atoms with Gasteiger partial charge in [0.05, 0.1) is 17.6 Å². The maximum absolute atomic E-state index is 12.4. The molecule has 1 saturated heterocycles. The molecule has 9 heteroatoms. The zero-order chi connectivity index (χ0) is 21.0. The van der Waals surface area contributed by atoms with Gasteiger partial charge >= 0.3 is 0 Å². The van der Waals surface area contributed by atoms with Crippen LogP contribution in [-0.4, -0.2) is 44.1 Å². The van der Waals surface area contributed by atoms with Crippen LogP contribution >= 0.6 is 0 Å². The van der Waals surface area contributed by atoms with Gasteiger partial charge in [-0.1, -0.05) is 31.1 Å². The van der Waals surface area contributed by atoms with Crippen LogP contribution in [-0.2, 0) is 30.2 Å². The molecule has 1 aliphatic carbocycles. The van der Waals surface area contributed by atoms with Gasteiger partial charge in [-0.05, 0) is 30.5 Å². The second-order valence-electron chi connectivity index (χ2n) is 7.40. The quantitative estimate of drug-likeness (QED) is 0.489. The number of hydrogen-bond acceptors (Lipinski definition) is 5. The summed E-state index contributed by atoms with van der Waals surface area (Å²) in [6.07, 6.45) is 4.75. The van der Waals surface area contributed by atoms with Gasteiger partial charge in [0.25, 0.3) is 0 Å². The van der Waals surface area contributed by atoms with Gasteiger partial charge in [0.15, 0.2) is 0 Å². The van der Waals surface area contributed by atoms with Gasteiger partial charge in [0.2, 0.25) is 27.7 Å². The zero-order valence-electron chi connectivity index (χ0n) is 16.1. The summed E-state index contributed by atoms with van der Waals surface area (Å²) >= 11 is 0. The van der Waals surface area contributed by atoms with Crippen LogP contribution < -0.4 is 10.0 Å². The van der Waals surface area contributed by atoms with E-state index in [1.807, 2.05) is 0 Å². The van der Waals surface area contributed by atoms with Crippen molar-refractivity contribution in [3.63, 3.8) is 0 Å². The van der Waals surface area contributed by atoms with Crippen molar-refractivity contribution in [1.29, 1.82) is 0 Å². The first-order valence-corrected chi connectivity index (χ1v) is 11.3. The smallest absolute Gasteiger partial charge is 0.244 e. The molecule has 1 aromatic rings. The third-order valence-corrected chi connectivity index (χ3v) is 6.60. The fourth-order valence-electron chi connectivity index (χ4n) is 3.87. The molecule has 8 nitrogen and oxygen atoms in total. The molecule has 0 spiro atoms. The average Bonchev–Trinajstić information content (AvgIpc) is 2.93. The molecule has 0 radical (unpaired) electrons. The van der Waals surface area contributed by atoms with Gasteiger partial charge < -0.3 is 5.32 Å². The van der Waals surface area contributed by atoms with E-state index in [1.165, 1.54) is 6.08 Å². The predicted molar refractivity (Wildman–Crippen MR) is 108 cm³/mol. The number of likely N-dealkylation sites (tertiary alicyclic amines) is 1. The van der Waals surface area contributed by atoms with Crippen LogP contribution in [0.5, 0.6) is 0 Å². The van der Waals surface area contributed by atoms with Gasteiger partial charge in [-0.2, -0.15) is 0 Å². The van der Waals surface area contributed by atoms with Gasteiger partial charge in [-0.25, -0.2) is 13.1 Å². The van der Waals surface area contributed by atoms with Crippen molar-refractivity contribution in [2.24, 2.45) is 11.8 Å². The highest BCUT2D eigenvalue weighted by Gasteiger charge is 2.48. The van der Waals surface area contributed by atoms with Crippen molar-refractivity contribution in [1.82, 2.24) is 9.62 Å². The summed E-state index contributed by atoms with van der Waals surface area (Å²) in [5.41, 5.74) is 1.03. The van der Waals surface area contributed by atoms with Gasteiger partial charge in [-0.3, -0.25) is 19.3 Å². The van der Waals surface area contributed by atoms with E-state index in [0.717, 1.165) is 17.7 Å². The highest BCUT2D eigenvalue weighted by atomic mass is 32.2. The van der Waals surface area contributed by atoms with E-state index in [0.29, 0.717) is 24.1 Å². The van der Waals surface area contributed by atoms with Crippen molar-refractivity contribution in [2.75, 3.05) is 18.4 Å². The summed E-state index contributed by atoms with van der Waals surface area (Å²) in [6, 6.07) is 6.38. The number of fused-ring (bicyclic) bond motifs is 1. The Bertz CT molecular complexity index is 887. The monoisotopic (exact) mass is 419 g/mol. The second kappa shape index (κ2) is 8.87. The highest BCUT2D eigenvalue weighted by Crippen LogP contribution is 2.37. The van der Waals surface area contributed by atoms with Crippen LogP contribution in [0.2, 0.25) is 0 Å². The Morgan fingerprint density at radius 3 is 2.24 bits per heavy atom. The van der Waals surface area contributed by atoms with Gasteiger partial charge in [0, 0.05) is 12.2 Å². The lowest BCUT2D eigenvalue weighted by molar-refractivity contribution is -0.142. The average molecular weight is 420 g/mol. The number of carbonyl (C=O) groups excluding carboxylic acids is 3. The first-order valence-electron chi connectivity index (χ1n) is 9.63. The molecule has 3 rings (SSSR count). The number of nitrogens with one attached hydrogen (secondary N) is 2. The Hall–Kier alpha value is -2.52. The molecule has 2 atom stereocenters. The third-order valence-electron chi connectivity index (χ3n) is 5.28. The molecule has 0 bridgehead atoms. The Balaban J connectivity index is 1.56. The Morgan fingerprint density at radius 2 is 1.69 bits per heavy atom. The van der Waals surface area contributed by atoms with Crippen LogP contribution in [0.25, 0.3) is 0 Å². The number of carbonyl (C=O) groups is 3. The summed E-state index contributed by atoms with van der Waals surface area (Å²) in [6.45, 7) is 3.32. The standard InChI is InChI=1S/C20H25N3O5S/c1-2-11-21-29(27,28)13-14-7-9-15(10-8-14)22-18(24)12-23-19(25)16-5-3-4-6-17(16)20(23)26/h2,7-10,16-17,21H,1,3-6,11-13H2,(H,22,24). The summed E-state index contributed by atoms with van der Waals surface area (Å²) in [5, 5.41) is 2.65. The van der Waals surface area contributed by atoms with Crippen LogP contribution in [0, 0.1) is 11.8 Å². The lowest BCUT2D eigenvalue weighted by Gasteiger charge is -2.19. The highest BCUT2D eigenvalue weighted by molar-refractivity contribution is 7.88. The summed E-state index contributed by atoms with van der Waals surface area (Å²) in [4.78, 5) is 38.3. The SMILES string of the molecule is C=CCNS(=O)(=O)Cc1ccc(NC(=O)CN2C(=O)C3CCCCC3C2=O)cc1. The van der Waals surface area contributed by atoms with E-state index in [9.17, 15) is 22.8 Å². The molecule has 3 amide bonds. The zero-order valence-corrected chi connectivity index (χ0v) is 16.9. The van der Waals surface area contributed by atoms with Crippen molar-refractivity contribution >= 4 is 33.4 Å². The van der Waals surface area contributed by atoms with E-state index in [4.69, 9.17) is 0 Å². The molecular formula is C20H25N3O5S. The van der Waals surface area contributed by atoms with E-state index < -0.39 is 15.9 Å². The number of benzene rings is 1. The van der Waals surface area contributed by atoms with E-state index in [-0.39, 0.29) is 42.5 Å². The first-order chi connectivity index (χ1) is 13.8. The van der Waals surface area contributed by atoms with Crippen LogP contribution in [0.15, 0.2) is 36.9 Å². The molecule has 1 saturated carbocycles. The van der Waals surface area contributed by atoms with Crippen molar-refractivity contribution < 1.29 is 22.8 Å². The topological polar surface area (TPSA) is 113 Å².